The van der Waals surface area contributed by atoms with Gasteiger partial charge in [-0.25, -0.2) is 4.98 Å². The van der Waals surface area contributed by atoms with Crippen LogP contribution in [0.4, 0.5) is 5.69 Å². The van der Waals surface area contributed by atoms with Crippen molar-refractivity contribution in [3.8, 4) is 0 Å². The van der Waals surface area contributed by atoms with E-state index in [9.17, 15) is 4.79 Å². The lowest BCUT2D eigenvalue weighted by molar-refractivity contribution is 0.0988. The minimum absolute atomic E-state index is 0.221. The first-order chi connectivity index (χ1) is 9.50. The van der Waals surface area contributed by atoms with E-state index in [0.717, 1.165) is 4.47 Å². The molecule has 102 valence electrons. The van der Waals surface area contributed by atoms with Gasteiger partial charge in [0.15, 0.2) is 0 Å². The van der Waals surface area contributed by atoms with Crippen LogP contribution in [0, 0.1) is 0 Å². The van der Waals surface area contributed by atoms with Gasteiger partial charge >= 0.3 is 0 Å². The van der Waals surface area contributed by atoms with Gasteiger partial charge in [0.05, 0.1) is 5.69 Å². The van der Waals surface area contributed by atoms with E-state index < -0.39 is 0 Å². The molecule has 2 aromatic rings. The number of nitrogens with two attached hydrogens (primary N) is 1. The highest BCUT2D eigenvalue weighted by Gasteiger charge is 2.17. The standard InChI is InChI=1S/C14H12BrN3OS/c1-18(12-5-3-2-4-10(12)13(16)20)14(19)11-7-6-9(15)8-17-11/h2-8H,1H3,(H2,16,20). The highest BCUT2D eigenvalue weighted by atomic mass is 79.9. The lowest BCUT2D eigenvalue weighted by Crippen LogP contribution is -2.29. The normalized spacial score (nSPS) is 10.1. The van der Waals surface area contributed by atoms with Crippen molar-refractivity contribution in [2.75, 3.05) is 11.9 Å². The Labute approximate surface area is 130 Å². The molecule has 2 N–H and O–H groups in total. The number of amides is 1. The molecule has 0 atom stereocenters. The summed E-state index contributed by atoms with van der Waals surface area (Å²) in [6.07, 6.45) is 1.58. The van der Waals surface area contributed by atoms with Crippen molar-refractivity contribution in [1.82, 2.24) is 4.98 Å². The van der Waals surface area contributed by atoms with Gasteiger partial charge in [-0.15, -0.1) is 0 Å². The van der Waals surface area contributed by atoms with Gasteiger partial charge in [0, 0.05) is 23.3 Å². The van der Waals surface area contributed by atoms with Crippen LogP contribution in [0.1, 0.15) is 16.1 Å². The Morgan fingerprint density at radius 3 is 2.60 bits per heavy atom. The van der Waals surface area contributed by atoms with E-state index >= 15 is 0 Å². The summed E-state index contributed by atoms with van der Waals surface area (Å²) >= 11 is 8.29. The van der Waals surface area contributed by atoms with Crippen LogP contribution in [-0.4, -0.2) is 22.9 Å². The summed E-state index contributed by atoms with van der Waals surface area (Å²) in [5.74, 6) is -0.221. The SMILES string of the molecule is CN(C(=O)c1ccc(Br)cn1)c1ccccc1C(N)=S. The maximum absolute atomic E-state index is 12.4. The lowest BCUT2D eigenvalue weighted by Gasteiger charge is -2.19. The zero-order chi connectivity index (χ0) is 14.7. The zero-order valence-corrected chi connectivity index (χ0v) is 13.1. The summed E-state index contributed by atoms with van der Waals surface area (Å²) < 4.78 is 0.820. The smallest absolute Gasteiger partial charge is 0.276 e. The van der Waals surface area contributed by atoms with Crippen LogP contribution in [0.25, 0.3) is 0 Å². The maximum Gasteiger partial charge on any atom is 0.276 e. The summed E-state index contributed by atoms with van der Waals surface area (Å²) in [7, 11) is 1.67. The predicted molar refractivity (Wildman–Crippen MR) is 87.0 cm³/mol. The molecule has 2 rings (SSSR count). The molecule has 0 spiro atoms. The fraction of sp³-hybridized carbons (Fsp3) is 0.0714. The van der Waals surface area contributed by atoms with Gasteiger partial charge in [0.1, 0.15) is 10.7 Å². The average molecular weight is 350 g/mol. The number of nitrogens with zero attached hydrogens (tertiary/aromatic N) is 2. The first-order valence-corrected chi connectivity index (χ1v) is 6.99. The molecule has 1 aromatic carbocycles. The van der Waals surface area contributed by atoms with Gasteiger partial charge in [-0.3, -0.25) is 4.79 Å². The molecule has 20 heavy (non-hydrogen) atoms. The van der Waals surface area contributed by atoms with E-state index in [1.807, 2.05) is 12.1 Å². The number of rotatable bonds is 3. The quantitative estimate of drug-likeness (QED) is 0.865. The predicted octanol–water partition coefficient (Wildman–Crippen LogP) is 2.75. The average Bonchev–Trinajstić information content (AvgIpc) is 2.46. The molecule has 6 heteroatoms. The van der Waals surface area contributed by atoms with Crippen LogP contribution in [0.3, 0.4) is 0 Å². The zero-order valence-electron chi connectivity index (χ0n) is 10.7. The molecule has 0 saturated heterocycles. The van der Waals surface area contributed by atoms with E-state index in [2.05, 4.69) is 20.9 Å². The summed E-state index contributed by atoms with van der Waals surface area (Å²) in [6, 6.07) is 10.7. The summed E-state index contributed by atoms with van der Waals surface area (Å²) in [4.78, 5) is 18.2. The van der Waals surface area contributed by atoms with E-state index in [-0.39, 0.29) is 10.9 Å². The van der Waals surface area contributed by atoms with Crippen LogP contribution < -0.4 is 10.6 Å². The van der Waals surface area contributed by atoms with Gasteiger partial charge < -0.3 is 10.6 Å². The molecule has 1 heterocycles. The summed E-state index contributed by atoms with van der Waals surface area (Å²) in [5, 5.41) is 0. The van der Waals surface area contributed by atoms with Crippen LogP contribution in [0.15, 0.2) is 47.1 Å². The van der Waals surface area contributed by atoms with Crippen molar-refractivity contribution in [2.45, 2.75) is 0 Å². The molecule has 0 bridgehead atoms. The Morgan fingerprint density at radius 2 is 2.00 bits per heavy atom. The first kappa shape index (κ1) is 14.6. The van der Waals surface area contributed by atoms with Crippen molar-refractivity contribution >= 4 is 44.7 Å². The van der Waals surface area contributed by atoms with Crippen LogP contribution in [-0.2, 0) is 0 Å². The van der Waals surface area contributed by atoms with Gasteiger partial charge in [-0.05, 0) is 40.2 Å². The second-order valence-corrected chi connectivity index (χ2v) is 5.46. The van der Waals surface area contributed by atoms with Crippen molar-refractivity contribution in [2.24, 2.45) is 5.73 Å². The molecular formula is C14H12BrN3OS. The Hall–Kier alpha value is -1.79. The number of carbonyl (C=O) groups is 1. The molecule has 1 aromatic heterocycles. The Kier molecular flexibility index (Phi) is 4.46. The van der Waals surface area contributed by atoms with Crippen molar-refractivity contribution in [1.29, 1.82) is 0 Å². The van der Waals surface area contributed by atoms with Crippen molar-refractivity contribution in [3.63, 3.8) is 0 Å². The van der Waals surface area contributed by atoms with Gasteiger partial charge in [-0.1, -0.05) is 24.4 Å². The summed E-state index contributed by atoms with van der Waals surface area (Å²) in [5.41, 5.74) is 7.36. The van der Waals surface area contributed by atoms with Crippen LogP contribution in [0.5, 0.6) is 0 Å². The minimum atomic E-state index is -0.221. The van der Waals surface area contributed by atoms with Gasteiger partial charge in [0.2, 0.25) is 0 Å². The maximum atomic E-state index is 12.4. The third-order valence-electron chi connectivity index (χ3n) is 2.78. The van der Waals surface area contributed by atoms with Gasteiger partial charge in [0.25, 0.3) is 5.91 Å². The molecule has 0 aliphatic heterocycles. The largest absolute Gasteiger partial charge is 0.389 e. The van der Waals surface area contributed by atoms with Crippen molar-refractivity contribution in [3.05, 3.63) is 58.3 Å². The third-order valence-corrected chi connectivity index (χ3v) is 3.47. The number of carbonyl (C=O) groups excluding carboxylic acids is 1. The Balaban J connectivity index is 2.36. The van der Waals surface area contributed by atoms with E-state index in [0.29, 0.717) is 16.9 Å². The fourth-order valence-electron chi connectivity index (χ4n) is 1.76. The number of benzene rings is 1. The van der Waals surface area contributed by atoms with Crippen LogP contribution >= 0.6 is 28.1 Å². The minimum Gasteiger partial charge on any atom is -0.389 e. The van der Waals surface area contributed by atoms with Crippen molar-refractivity contribution < 1.29 is 4.79 Å². The molecule has 0 aliphatic rings. The molecule has 0 unspecified atom stereocenters. The van der Waals surface area contributed by atoms with E-state index in [4.69, 9.17) is 18.0 Å². The molecule has 0 aliphatic carbocycles. The molecular weight excluding hydrogens is 338 g/mol. The number of aromatic nitrogens is 1. The number of halogens is 1. The summed E-state index contributed by atoms with van der Waals surface area (Å²) in [6.45, 7) is 0. The monoisotopic (exact) mass is 349 g/mol. The van der Waals surface area contributed by atoms with E-state index in [1.54, 1.807) is 37.5 Å². The molecule has 0 fully saturated rings. The number of pyridine rings is 1. The highest BCUT2D eigenvalue weighted by Crippen LogP contribution is 2.21. The van der Waals surface area contributed by atoms with E-state index in [1.165, 1.54) is 4.90 Å². The van der Waals surface area contributed by atoms with Crippen LogP contribution in [0.2, 0.25) is 0 Å². The number of anilines is 1. The second kappa shape index (κ2) is 6.11. The number of thiocarbonyl (C=S) groups is 1. The molecule has 4 nitrogen and oxygen atoms in total. The number of hydrogen-bond acceptors (Lipinski definition) is 3. The Bertz CT molecular complexity index is 658. The number of para-hydroxylation sites is 1. The molecule has 0 saturated carbocycles. The lowest BCUT2D eigenvalue weighted by atomic mass is 10.1. The molecule has 0 radical (unpaired) electrons. The third kappa shape index (κ3) is 3.02. The number of hydrogen-bond donors (Lipinski definition) is 1. The van der Waals surface area contributed by atoms with Gasteiger partial charge in [-0.2, -0.15) is 0 Å². The topological polar surface area (TPSA) is 59.2 Å². The first-order valence-electron chi connectivity index (χ1n) is 5.79. The fourth-order valence-corrected chi connectivity index (χ4v) is 2.17. The highest BCUT2D eigenvalue weighted by molar-refractivity contribution is 9.10. The Morgan fingerprint density at radius 1 is 1.30 bits per heavy atom. The molecule has 1 amide bonds. The second-order valence-electron chi connectivity index (χ2n) is 4.11.